The van der Waals surface area contributed by atoms with Crippen molar-refractivity contribution in [2.45, 2.75) is 6.92 Å². The van der Waals surface area contributed by atoms with Crippen LogP contribution in [0.1, 0.15) is 6.92 Å². The van der Waals surface area contributed by atoms with E-state index in [1.54, 1.807) is 4.90 Å². The normalized spacial score (nSPS) is 10.0. The third-order valence-electron chi connectivity index (χ3n) is 2.63. The average Bonchev–Trinajstić information content (AvgIpc) is 2.36. The summed E-state index contributed by atoms with van der Waals surface area (Å²) in [6, 6.07) is 2.69. The molecule has 1 rings (SSSR count). The zero-order chi connectivity index (χ0) is 13.7. The summed E-state index contributed by atoms with van der Waals surface area (Å²) < 4.78 is 18.9. The molecule has 0 aliphatic rings. The molecule has 3 N–H and O–H groups in total. The van der Waals surface area contributed by atoms with Crippen molar-refractivity contribution in [1.29, 1.82) is 0 Å². The molecule has 0 saturated heterocycles. The summed E-state index contributed by atoms with van der Waals surface area (Å²) in [6.07, 6.45) is 0. The van der Waals surface area contributed by atoms with Crippen LogP contribution in [-0.4, -0.2) is 33.2 Å². The molecule has 1 aromatic carbocycles. The maximum Gasteiger partial charge on any atom is 0.239 e. The minimum Gasteiger partial charge on any atom is -0.495 e. The maximum atomic E-state index is 13.8. The van der Waals surface area contributed by atoms with Gasteiger partial charge in [0.25, 0.3) is 0 Å². The molecule has 0 aliphatic heterocycles. The number of nitrogens with zero attached hydrogens (tertiary/aromatic N) is 1. The van der Waals surface area contributed by atoms with E-state index in [4.69, 9.17) is 10.5 Å². The summed E-state index contributed by atoms with van der Waals surface area (Å²) in [5, 5.41) is 2.50. The monoisotopic (exact) mass is 255 g/mol. The van der Waals surface area contributed by atoms with Crippen molar-refractivity contribution in [1.82, 2.24) is 5.32 Å². The first-order valence-corrected chi connectivity index (χ1v) is 5.62. The fourth-order valence-electron chi connectivity index (χ4n) is 1.60. The Labute approximate surface area is 106 Å². The van der Waals surface area contributed by atoms with Crippen LogP contribution < -0.4 is 20.7 Å². The van der Waals surface area contributed by atoms with Crippen molar-refractivity contribution in [3.8, 4) is 5.75 Å². The fraction of sp³-hybridized carbons (Fsp3) is 0.417. The van der Waals surface area contributed by atoms with Crippen molar-refractivity contribution in [2.75, 3.05) is 37.9 Å². The number of halogens is 1. The first-order valence-electron chi connectivity index (χ1n) is 5.62. The second-order valence-electron chi connectivity index (χ2n) is 3.73. The average molecular weight is 255 g/mol. The van der Waals surface area contributed by atoms with E-state index in [1.165, 1.54) is 26.3 Å². The van der Waals surface area contributed by atoms with Crippen molar-refractivity contribution in [3.05, 3.63) is 17.9 Å². The second kappa shape index (κ2) is 6.09. The standard InChI is InChI=1S/C12H18FN3O2/c1-4-16(7-12(17)15-2)10-6-11(18-3)9(14)5-8(10)13/h5-6H,4,7,14H2,1-3H3,(H,15,17). The predicted octanol–water partition coefficient (Wildman–Crippen LogP) is 0.989. The largest absolute Gasteiger partial charge is 0.495 e. The van der Waals surface area contributed by atoms with Gasteiger partial charge in [-0.25, -0.2) is 4.39 Å². The molecule has 0 radical (unpaired) electrons. The van der Waals surface area contributed by atoms with Crippen LogP contribution in [0.15, 0.2) is 12.1 Å². The summed E-state index contributed by atoms with van der Waals surface area (Å²) in [4.78, 5) is 13.0. The molecule has 5 nitrogen and oxygen atoms in total. The number of nitrogen functional groups attached to an aromatic ring is 1. The SMILES string of the molecule is CCN(CC(=O)NC)c1cc(OC)c(N)cc1F. The van der Waals surface area contributed by atoms with Crippen molar-refractivity contribution in [2.24, 2.45) is 0 Å². The Balaban J connectivity index is 3.08. The third-order valence-corrected chi connectivity index (χ3v) is 2.63. The van der Waals surface area contributed by atoms with Crippen LogP contribution >= 0.6 is 0 Å². The molecule has 0 bridgehead atoms. The Morgan fingerprint density at radius 1 is 1.56 bits per heavy atom. The van der Waals surface area contributed by atoms with Gasteiger partial charge in [-0.15, -0.1) is 0 Å². The van der Waals surface area contributed by atoms with Gasteiger partial charge in [-0.05, 0) is 6.92 Å². The number of anilines is 2. The van der Waals surface area contributed by atoms with Gasteiger partial charge in [0.1, 0.15) is 11.6 Å². The number of nitrogens with two attached hydrogens (primary N) is 1. The molecule has 1 amide bonds. The van der Waals surface area contributed by atoms with Crippen LogP contribution in [0.3, 0.4) is 0 Å². The van der Waals surface area contributed by atoms with Crippen LogP contribution in [0, 0.1) is 5.82 Å². The quantitative estimate of drug-likeness (QED) is 0.770. The van der Waals surface area contributed by atoms with E-state index < -0.39 is 5.82 Å². The van der Waals surface area contributed by atoms with Gasteiger partial charge in [0.05, 0.1) is 25.0 Å². The van der Waals surface area contributed by atoms with Gasteiger partial charge in [-0.2, -0.15) is 0 Å². The van der Waals surface area contributed by atoms with Crippen molar-refractivity contribution >= 4 is 17.3 Å². The molecule has 0 fully saturated rings. The molecule has 0 unspecified atom stereocenters. The summed E-state index contributed by atoms with van der Waals surface area (Å²) in [6.45, 7) is 2.42. The van der Waals surface area contributed by atoms with Gasteiger partial charge in [-0.1, -0.05) is 0 Å². The molecule has 0 aromatic heterocycles. The molecule has 18 heavy (non-hydrogen) atoms. The van der Waals surface area contributed by atoms with E-state index in [2.05, 4.69) is 5.32 Å². The molecule has 100 valence electrons. The fourth-order valence-corrected chi connectivity index (χ4v) is 1.60. The lowest BCUT2D eigenvalue weighted by molar-refractivity contribution is -0.119. The zero-order valence-electron chi connectivity index (χ0n) is 10.8. The summed E-state index contributed by atoms with van der Waals surface area (Å²) >= 11 is 0. The smallest absolute Gasteiger partial charge is 0.239 e. The Bertz CT molecular complexity index is 438. The van der Waals surface area contributed by atoms with Crippen LogP contribution in [0.25, 0.3) is 0 Å². The number of benzene rings is 1. The lowest BCUT2D eigenvalue weighted by atomic mass is 10.2. The molecule has 0 aliphatic carbocycles. The number of nitrogens with one attached hydrogen (secondary N) is 1. The second-order valence-corrected chi connectivity index (χ2v) is 3.73. The molecule has 6 heteroatoms. The van der Waals surface area contributed by atoms with E-state index in [0.717, 1.165) is 0 Å². The number of rotatable bonds is 5. The van der Waals surface area contributed by atoms with Gasteiger partial charge >= 0.3 is 0 Å². The molecule has 0 spiro atoms. The van der Waals surface area contributed by atoms with Crippen LogP contribution in [-0.2, 0) is 4.79 Å². The molecule has 0 heterocycles. The summed E-state index contributed by atoms with van der Waals surface area (Å²) in [5.74, 6) is -0.271. The highest BCUT2D eigenvalue weighted by Crippen LogP contribution is 2.30. The Morgan fingerprint density at radius 2 is 2.22 bits per heavy atom. The van der Waals surface area contributed by atoms with Crippen molar-refractivity contribution < 1.29 is 13.9 Å². The highest BCUT2D eigenvalue weighted by atomic mass is 19.1. The predicted molar refractivity (Wildman–Crippen MR) is 69.3 cm³/mol. The van der Waals surface area contributed by atoms with Crippen LogP contribution in [0.4, 0.5) is 15.8 Å². The molecule has 1 aromatic rings. The highest BCUT2D eigenvalue weighted by molar-refractivity contribution is 5.81. The Hall–Kier alpha value is -1.98. The van der Waals surface area contributed by atoms with Gasteiger partial charge in [0, 0.05) is 25.7 Å². The first-order chi connectivity index (χ1) is 8.53. The van der Waals surface area contributed by atoms with Crippen molar-refractivity contribution in [3.63, 3.8) is 0 Å². The number of methoxy groups -OCH3 is 1. The molecular formula is C12H18FN3O2. The number of carbonyl (C=O) groups is 1. The number of ether oxygens (including phenoxy) is 1. The highest BCUT2D eigenvalue weighted by Gasteiger charge is 2.16. The van der Waals surface area contributed by atoms with E-state index in [0.29, 0.717) is 18.0 Å². The molecule has 0 atom stereocenters. The number of amides is 1. The lowest BCUT2D eigenvalue weighted by Gasteiger charge is -2.23. The van der Waals surface area contributed by atoms with E-state index in [-0.39, 0.29) is 18.1 Å². The van der Waals surface area contributed by atoms with Gasteiger partial charge in [0.15, 0.2) is 0 Å². The molecular weight excluding hydrogens is 237 g/mol. The van der Waals surface area contributed by atoms with E-state index >= 15 is 0 Å². The van der Waals surface area contributed by atoms with Gasteiger partial charge < -0.3 is 20.7 Å². The number of hydrogen-bond donors (Lipinski definition) is 2. The third kappa shape index (κ3) is 3.03. The zero-order valence-corrected chi connectivity index (χ0v) is 10.8. The maximum absolute atomic E-state index is 13.8. The minimum absolute atomic E-state index is 0.0803. The van der Waals surface area contributed by atoms with E-state index in [9.17, 15) is 9.18 Å². The van der Waals surface area contributed by atoms with Gasteiger partial charge in [0.2, 0.25) is 5.91 Å². The van der Waals surface area contributed by atoms with Gasteiger partial charge in [-0.3, -0.25) is 4.79 Å². The lowest BCUT2D eigenvalue weighted by Crippen LogP contribution is -2.36. The minimum atomic E-state index is -0.473. The molecule has 0 saturated carbocycles. The summed E-state index contributed by atoms with van der Waals surface area (Å²) in [5.41, 5.74) is 6.14. The summed E-state index contributed by atoms with van der Waals surface area (Å²) in [7, 11) is 3.00. The Kier molecular flexibility index (Phi) is 4.76. The number of carbonyl (C=O) groups excluding carboxylic acids is 1. The number of hydrogen-bond acceptors (Lipinski definition) is 4. The topological polar surface area (TPSA) is 67.6 Å². The first kappa shape index (κ1) is 14.1. The van der Waals surface area contributed by atoms with E-state index in [1.807, 2.05) is 6.92 Å². The number of likely N-dealkylation sites (N-methyl/N-ethyl adjacent to an activating group) is 2. The Morgan fingerprint density at radius 3 is 2.72 bits per heavy atom. The van der Waals surface area contributed by atoms with Crippen LogP contribution in [0.2, 0.25) is 0 Å². The van der Waals surface area contributed by atoms with Crippen LogP contribution in [0.5, 0.6) is 5.75 Å².